The van der Waals surface area contributed by atoms with Crippen molar-refractivity contribution >= 4 is 22.5 Å². The molecular formula is C31H30F3N5O2. The third kappa shape index (κ3) is 6.37. The number of anilines is 1. The number of methoxy groups -OCH3 is 1. The monoisotopic (exact) mass is 561 g/mol. The molecule has 41 heavy (non-hydrogen) atoms. The molecular weight excluding hydrogens is 531 g/mol. The molecule has 0 bridgehead atoms. The molecule has 4 aromatic rings. The van der Waals surface area contributed by atoms with Crippen LogP contribution in [0.1, 0.15) is 38.2 Å². The van der Waals surface area contributed by atoms with Crippen LogP contribution in [0.3, 0.4) is 0 Å². The molecule has 1 aliphatic rings. The van der Waals surface area contributed by atoms with Gasteiger partial charge in [-0.3, -0.25) is 9.69 Å². The van der Waals surface area contributed by atoms with Gasteiger partial charge in [-0.15, -0.1) is 0 Å². The number of hydrogen-bond acceptors (Lipinski definition) is 5. The van der Waals surface area contributed by atoms with E-state index in [1.807, 2.05) is 24.9 Å². The Labute approximate surface area is 236 Å². The van der Waals surface area contributed by atoms with Crippen LogP contribution in [-0.2, 0) is 12.7 Å². The number of carbonyl (C=O) groups excluding carboxylic acids is 1. The largest absolute Gasteiger partial charge is 0.479 e. The van der Waals surface area contributed by atoms with Gasteiger partial charge in [0.25, 0.3) is 5.91 Å². The minimum Gasteiger partial charge on any atom is -0.479 e. The van der Waals surface area contributed by atoms with Crippen LogP contribution in [0.4, 0.5) is 18.9 Å². The Morgan fingerprint density at radius 2 is 1.83 bits per heavy atom. The van der Waals surface area contributed by atoms with Crippen LogP contribution in [0, 0.1) is 18.8 Å². The first-order valence-corrected chi connectivity index (χ1v) is 13.2. The van der Waals surface area contributed by atoms with E-state index in [2.05, 4.69) is 32.0 Å². The van der Waals surface area contributed by atoms with Crippen molar-refractivity contribution in [2.75, 3.05) is 45.7 Å². The van der Waals surface area contributed by atoms with E-state index in [4.69, 9.17) is 4.74 Å². The number of H-pyrrole nitrogens is 1. The molecule has 0 aliphatic carbocycles. The second kappa shape index (κ2) is 11.6. The molecule has 2 N–H and O–H groups in total. The highest BCUT2D eigenvalue weighted by atomic mass is 19.4. The average molecular weight is 562 g/mol. The normalized spacial score (nSPS) is 14.5. The lowest BCUT2D eigenvalue weighted by atomic mass is 10.0. The first-order valence-electron chi connectivity index (χ1n) is 13.2. The van der Waals surface area contributed by atoms with Gasteiger partial charge in [-0.25, -0.2) is 4.98 Å². The molecule has 1 fully saturated rings. The summed E-state index contributed by atoms with van der Waals surface area (Å²) in [6.45, 7) is 5.11. The Balaban J connectivity index is 1.36. The van der Waals surface area contributed by atoms with Crippen LogP contribution in [0.2, 0.25) is 0 Å². The zero-order valence-corrected chi connectivity index (χ0v) is 23.0. The van der Waals surface area contributed by atoms with E-state index in [1.54, 1.807) is 37.7 Å². The van der Waals surface area contributed by atoms with Gasteiger partial charge in [0.2, 0.25) is 5.88 Å². The lowest BCUT2D eigenvalue weighted by Crippen LogP contribution is -2.44. The van der Waals surface area contributed by atoms with Crippen molar-refractivity contribution in [3.63, 3.8) is 0 Å². The number of halogens is 3. The van der Waals surface area contributed by atoms with Crippen LogP contribution in [0.5, 0.6) is 5.88 Å². The van der Waals surface area contributed by atoms with E-state index in [9.17, 15) is 18.0 Å². The molecule has 0 saturated carbocycles. The number of carbonyl (C=O) groups is 1. The summed E-state index contributed by atoms with van der Waals surface area (Å²) < 4.78 is 47.2. The Hall–Kier alpha value is -4.33. The Bertz CT molecular complexity index is 1640. The number of ether oxygens (including phenoxy) is 1. The van der Waals surface area contributed by atoms with Gasteiger partial charge in [0.15, 0.2) is 0 Å². The quantitative estimate of drug-likeness (QED) is 0.324. The maximum Gasteiger partial charge on any atom is 0.416 e. The predicted octanol–water partition coefficient (Wildman–Crippen LogP) is 5.30. The molecule has 2 aromatic heterocycles. The first kappa shape index (κ1) is 28.2. The molecule has 0 radical (unpaired) electrons. The number of fused-ring (bicyclic) bond motifs is 1. The summed E-state index contributed by atoms with van der Waals surface area (Å²) in [6, 6.07) is 10.9. The molecule has 3 heterocycles. The third-order valence-corrected chi connectivity index (χ3v) is 7.25. The number of hydrogen-bond donors (Lipinski definition) is 2. The van der Waals surface area contributed by atoms with Gasteiger partial charge in [-0.05, 0) is 55.4 Å². The van der Waals surface area contributed by atoms with E-state index in [0.29, 0.717) is 30.1 Å². The van der Waals surface area contributed by atoms with Crippen LogP contribution < -0.4 is 10.1 Å². The van der Waals surface area contributed by atoms with E-state index in [-0.39, 0.29) is 23.4 Å². The molecule has 10 heteroatoms. The molecule has 1 saturated heterocycles. The number of likely N-dealkylation sites (N-methyl/N-ethyl adjacent to an activating group) is 1. The fourth-order valence-electron chi connectivity index (χ4n) is 4.82. The number of nitrogens with one attached hydrogen (secondary N) is 2. The third-order valence-electron chi connectivity index (χ3n) is 7.25. The first-order chi connectivity index (χ1) is 19.6. The van der Waals surface area contributed by atoms with Crippen molar-refractivity contribution in [1.29, 1.82) is 0 Å². The number of nitrogens with zero attached hydrogens (tertiary/aromatic N) is 3. The summed E-state index contributed by atoms with van der Waals surface area (Å²) in [5.74, 6) is 6.16. The highest BCUT2D eigenvalue weighted by Gasteiger charge is 2.34. The van der Waals surface area contributed by atoms with E-state index >= 15 is 0 Å². The highest BCUT2D eigenvalue weighted by Crippen LogP contribution is 2.35. The second-order valence-corrected chi connectivity index (χ2v) is 10.1. The predicted molar refractivity (Wildman–Crippen MR) is 152 cm³/mol. The number of aromatic nitrogens is 2. The number of piperazine rings is 1. The van der Waals surface area contributed by atoms with Gasteiger partial charge in [0, 0.05) is 67.3 Å². The number of rotatable bonds is 5. The minimum absolute atomic E-state index is 0.0804. The van der Waals surface area contributed by atoms with Gasteiger partial charge >= 0.3 is 6.18 Å². The maximum atomic E-state index is 14.0. The van der Waals surface area contributed by atoms with Gasteiger partial charge < -0.3 is 19.9 Å². The molecule has 5 rings (SSSR count). The van der Waals surface area contributed by atoms with E-state index in [1.165, 1.54) is 12.1 Å². The molecule has 212 valence electrons. The van der Waals surface area contributed by atoms with Gasteiger partial charge in [-0.2, -0.15) is 13.2 Å². The summed E-state index contributed by atoms with van der Waals surface area (Å²) in [6.07, 6.45) is -1.14. The summed E-state index contributed by atoms with van der Waals surface area (Å²) >= 11 is 0. The average Bonchev–Trinajstić information content (AvgIpc) is 3.44. The van der Waals surface area contributed by atoms with Gasteiger partial charge in [-0.1, -0.05) is 24.0 Å². The van der Waals surface area contributed by atoms with Crippen molar-refractivity contribution in [2.24, 2.45) is 0 Å². The number of aryl methyl sites for hydroxylation is 1. The van der Waals surface area contributed by atoms with Gasteiger partial charge in [0.05, 0.1) is 18.2 Å². The van der Waals surface area contributed by atoms with Crippen molar-refractivity contribution < 1.29 is 22.7 Å². The lowest BCUT2D eigenvalue weighted by Gasteiger charge is -2.33. The number of benzene rings is 2. The van der Waals surface area contributed by atoms with Crippen LogP contribution >= 0.6 is 0 Å². The maximum absolute atomic E-state index is 14.0. The summed E-state index contributed by atoms with van der Waals surface area (Å²) in [5, 5.41) is 3.48. The number of amides is 1. The topological polar surface area (TPSA) is 73.5 Å². The summed E-state index contributed by atoms with van der Waals surface area (Å²) in [5.41, 5.74) is 2.71. The Morgan fingerprint density at radius 1 is 1.07 bits per heavy atom. The zero-order valence-electron chi connectivity index (χ0n) is 23.0. The molecule has 1 aliphatic heterocycles. The van der Waals surface area contributed by atoms with Crippen molar-refractivity contribution in [3.8, 4) is 17.7 Å². The van der Waals surface area contributed by atoms with E-state index in [0.717, 1.165) is 35.6 Å². The molecule has 1 amide bonds. The molecule has 0 atom stereocenters. The SMILES string of the molecule is COc1ncc(C#Cc2cc(C(=O)Nc3ccc(CN4CCN(C)CC4)c(C(F)(F)F)c3)ccc2C)c2cc[nH]c12. The van der Waals surface area contributed by atoms with Crippen LogP contribution in [0.25, 0.3) is 10.9 Å². The smallest absolute Gasteiger partial charge is 0.416 e. The Morgan fingerprint density at radius 3 is 2.56 bits per heavy atom. The second-order valence-electron chi connectivity index (χ2n) is 10.1. The fraction of sp³-hybridized carbons (Fsp3) is 0.290. The van der Waals surface area contributed by atoms with Crippen molar-refractivity contribution in [3.05, 3.63) is 88.2 Å². The Kier molecular flexibility index (Phi) is 8.01. The van der Waals surface area contributed by atoms with Gasteiger partial charge in [0.1, 0.15) is 5.52 Å². The number of pyridine rings is 1. The summed E-state index contributed by atoms with van der Waals surface area (Å²) in [4.78, 5) is 24.6. The van der Waals surface area contributed by atoms with E-state index < -0.39 is 17.6 Å². The highest BCUT2D eigenvalue weighted by molar-refractivity contribution is 6.04. The molecule has 0 unspecified atom stereocenters. The van der Waals surface area contributed by atoms with Crippen molar-refractivity contribution in [2.45, 2.75) is 19.6 Å². The lowest BCUT2D eigenvalue weighted by molar-refractivity contribution is -0.138. The molecule has 2 aromatic carbocycles. The van der Waals surface area contributed by atoms with Crippen LogP contribution in [-0.4, -0.2) is 66.0 Å². The number of aromatic amines is 1. The number of alkyl halides is 3. The summed E-state index contributed by atoms with van der Waals surface area (Å²) in [7, 11) is 3.54. The molecule has 7 nitrogen and oxygen atoms in total. The standard InChI is InChI=1S/C31H30F3N5O2/c1-20-4-5-22(16-21(20)6-7-23-18-36-30(41-3)28-26(23)10-11-35-28)29(40)37-25-9-8-24(27(17-25)31(32,33)34)19-39-14-12-38(2)13-15-39/h4-5,8-11,16-18,35H,12-15,19H2,1-3H3,(H,37,40). The zero-order chi connectivity index (χ0) is 29.1. The minimum atomic E-state index is -4.55. The fourth-order valence-corrected chi connectivity index (χ4v) is 4.82. The van der Waals surface area contributed by atoms with Crippen molar-refractivity contribution in [1.82, 2.24) is 19.8 Å². The molecule has 0 spiro atoms. The van der Waals surface area contributed by atoms with Crippen LogP contribution in [0.15, 0.2) is 54.9 Å².